The Morgan fingerprint density at radius 3 is 2.38 bits per heavy atom. The lowest BCUT2D eigenvalue weighted by molar-refractivity contribution is 0.0693. The quantitative estimate of drug-likeness (QED) is 0.822. The molecule has 2 aromatic rings. The number of nitrogens with zero attached hydrogens (tertiary/aromatic N) is 1. The van der Waals surface area contributed by atoms with Crippen LogP contribution in [0.5, 0.6) is 5.75 Å². The minimum Gasteiger partial charge on any atom is -0.497 e. The third kappa shape index (κ3) is 4.81. The summed E-state index contributed by atoms with van der Waals surface area (Å²) in [4.78, 5) is 24.7. The summed E-state index contributed by atoms with van der Waals surface area (Å²) in [6.07, 6.45) is 0.766. The van der Waals surface area contributed by atoms with Crippen molar-refractivity contribution in [2.45, 2.75) is 13.3 Å². The zero-order valence-electron chi connectivity index (χ0n) is 15.0. The van der Waals surface area contributed by atoms with E-state index < -0.39 is 17.7 Å². The van der Waals surface area contributed by atoms with Crippen LogP contribution in [0.1, 0.15) is 33.2 Å². The van der Waals surface area contributed by atoms with E-state index >= 15 is 0 Å². The number of rotatable bonds is 7. The molecule has 0 aliphatic carbocycles. The van der Waals surface area contributed by atoms with Crippen LogP contribution in [0.3, 0.4) is 0 Å². The fraction of sp³-hybridized carbons (Fsp3) is 0.300. The van der Waals surface area contributed by atoms with Crippen molar-refractivity contribution in [3.8, 4) is 5.75 Å². The van der Waals surface area contributed by atoms with E-state index in [1.54, 1.807) is 14.2 Å². The highest BCUT2D eigenvalue weighted by molar-refractivity contribution is 5.96. The Kier molecular flexibility index (Phi) is 6.33. The second kappa shape index (κ2) is 8.47. The molecule has 0 saturated heterocycles. The Morgan fingerprint density at radius 2 is 1.85 bits per heavy atom. The summed E-state index contributed by atoms with van der Waals surface area (Å²) in [5.74, 6) is -1.58. The first-order valence-electron chi connectivity index (χ1n) is 8.23. The van der Waals surface area contributed by atoms with E-state index in [0.717, 1.165) is 23.8 Å². The molecule has 0 aliphatic rings. The summed E-state index contributed by atoms with van der Waals surface area (Å²) in [6, 6.07) is 11.0. The summed E-state index contributed by atoms with van der Waals surface area (Å²) in [7, 11) is 3.22. The zero-order valence-corrected chi connectivity index (χ0v) is 15.0. The number of carbonyl (C=O) groups is 2. The highest BCUT2D eigenvalue weighted by Crippen LogP contribution is 2.17. The molecular weight excluding hydrogens is 337 g/mol. The Bertz CT molecular complexity index is 789. The number of hydrogen-bond donors (Lipinski definition) is 1. The predicted octanol–water partition coefficient (Wildman–Crippen LogP) is 3.48. The van der Waals surface area contributed by atoms with Gasteiger partial charge in [-0.2, -0.15) is 0 Å². The lowest BCUT2D eigenvalue weighted by Gasteiger charge is -2.22. The number of aromatic carboxylic acids is 1. The summed E-state index contributed by atoms with van der Waals surface area (Å²) < 4.78 is 19.2. The number of carboxylic acids is 1. The molecule has 0 aliphatic heterocycles. The van der Waals surface area contributed by atoms with Crippen molar-refractivity contribution in [2.75, 3.05) is 20.7 Å². The van der Waals surface area contributed by atoms with Gasteiger partial charge in [-0.05, 0) is 48.2 Å². The van der Waals surface area contributed by atoms with Crippen molar-refractivity contribution in [3.05, 3.63) is 65.0 Å². The maximum absolute atomic E-state index is 14.1. The summed E-state index contributed by atoms with van der Waals surface area (Å²) in [5, 5.41) is 8.87. The van der Waals surface area contributed by atoms with Gasteiger partial charge in [-0.25, -0.2) is 9.18 Å². The molecule has 138 valence electrons. The molecule has 1 unspecified atom stereocenters. The highest BCUT2D eigenvalue weighted by Gasteiger charge is 2.19. The van der Waals surface area contributed by atoms with E-state index in [1.165, 1.54) is 17.0 Å². The van der Waals surface area contributed by atoms with Gasteiger partial charge in [-0.15, -0.1) is 0 Å². The van der Waals surface area contributed by atoms with Crippen LogP contribution in [0.2, 0.25) is 0 Å². The normalized spacial score (nSPS) is 11.7. The smallest absolute Gasteiger partial charge is 0.335 e. The molecule has 0 fully saturated rings. The summed E-state index contributed by atoms with van der Waals surface area (Å²) in [6.45, 7) is 2.46. The number of benzene rings is 2. The monoisotopic (exact) mass is 359 g/mol. The Morgan fingerprint density at radius 1 is 1.19 bits per heavy atom. The van der Waals surface area contributed by atoms with Crippen LogP contribution in [0, 0.1) is 11.7 Å². The van der Waals surface area contributed by atoms with Gasteiger partial charge in [0.05, 0.1) is 18.2 Å². The third-order valence-corrected chi connectivity index (χ3v) is 4.12. The largest absolute Gasteiger partial charge is 0.497 e. The Balaban J connectivity index is 2.00. The standard InChI is InChI=1S/C20H22FNO4/c1-13(10-14-4-7-16(26-3)8-5-14)12-22(2)19(23)17-9-6-15(20(24)25)11-18(17)21/h4-9,11,13H,10,12H2,1-3H3,(H,24,25). The molecule has 0 radical (unpaired) electrons. The van der Waals surface area contributed by atoms with Gasteiger partial charge in [0.25, 0.3) is 5.91 Å². The number of methoxy groups -OCH3 is 1. The lowest BCUT2D eigenvalue weighted by atomic mass is 10.00. The number of ether oxygens (including phenoxy) is 1. The van der Waals surface area contributed by atoms with E-state index in [1.807, 2.05) is 31.2 Å². The molecule has 0 saturated carbocycles. The van der Waals surface area contributed by atoms with Crippen LogP contribution < -0.4 is 4.74 Å². The molecular formula is C20H22FNO4. The first kappa shape index (κ1) is 19.4. The molecule has 0 heterocycles. The Hall–Kier alpha value is -2.89. The summed E-state index contributed by atoms with van der Waals surface area (Å²) >= 11 is 0. The molecule has 1 amide bonds. The third-order valence-electron chi connectivity index (χ3n) is 4.12. The molecule has 0 bridgehead atoms. The molecule has 26 heavy (non-hydrogen) atoms. The SMILES string of the molecule is COc1ccc(CC(C)CN(C)C(=O)c2ccc(C(=O)O)cc2F)cc1. The van der Waals surface area contributed by atoms with Crippen molar-refractivity contribution in [1.82, 2.24) is 4.90 Å². The van der Waals surface area contributed by atoms with Crippen LogP contribution in [0.4, 0.5) is 4.39 Å². The molecule has 0 spiro atoms. The van der Waals surface area contributed by atoms with Gasteiger partial charge in [-0.3, -0.25) is 4.79 Å². The van der Waals surface area contributed by atoms with Crippen LogP contribution >= 0.6 is 0 Å². The first-order valence-corrected chi connectivity index (χ1v) is 8.23. The van der Waals surface area contributed by atoms with Gasteiger partial charge in [0.2, 0.25) is 0 Å². The molecule has 5 nitrogen and oxygen atoms in total. The maximum Gasteiger partial charge on any atom is 0.335 e. The molecule has 2 rings (SSSR count). The van der Waals surface area contributed by atoms with Gasteiger partial charge in [0, 0.05) is 13.6 Å². The van der Waals surface area contributed by atoms with Crippen molar-refractivity contribution < 1.29 is 23.8 Å². The van der Waals surface area contributed by atoms with E-state index in [9.17, 15) is 14.0 Å². The van der Waals surface area contributed by atoms with E-state index in [2.05, 4.69) is 0 Å². The minimum atomic E-state index is -1.23. The van der Waals surface area contributed by atoms with E-state index in [-0.39, 0.29) is 17.0 Å². The van der Waals surface area contributed by atoms with Gasteiger partial charge >= 0.3 is 5.97 Å². The van der Waals surface area contributed by atoms with Crippen LogP contribution in [0.15, 0.2) is 42.5 Å². The fourth-order valence-corrected chi connectivity index (χ4v) is 2.81. The lowest BCUT2D eigenvalue weighted by Crippen LogP contribution is -2.32. The molecule has 0 aromatic heterocycles. The number of carboxylic acid groups (broad SMARTS) is 1. The van der Waals surface area contributed by atoms with Gasteiger partial charge < -0.3 is 14.7 Å². The van der Waals surface area contributed by atoms with Gasteiger partial charge in [-0.1, -0.05) is 19.1 Å². The molecule has 2 aromatic carbocycles. The average Bonchev–Trinajstić information content (AvgIpc) is 2.61. The summed E-state index contributed by atoms with van der Waals surface area (Å²) in [5.41, 5.74) is 0.805. The number of halogens is 1. The van der Waals surface area contributed by atoms with Crippen LogP contribution in [0.25, 0.3) is 0 Å². The van der Waals surface area contributed by atoms with Gasteiger partial charge in [0.15, 0.2) is 0 Å². The fourth-order valence-electron chi connectivity index (χ4n) is 2.81. The molecule has 6 heteroatoms. The van der Waals surface area contributed by atoms with E-state index in [0.29, 0.717) is 6.54 Å². The highest BCUT2D eigenvalue weighted by atomic mass is 19.1. The second-order valence-corrected chi connectivity index (χ2v) is 6.34. The maximum atomic E-state index is 14.1. The molecule has 1 atom stereocenters. The zero-order chi connectivity index (χ0) is 19.3. The number of amides is 1. The van der Waals surface area contributed by atoms with Gasteiger partial charge in [0.1, 0.15) is 11.6 Å². The topological polar surface area (TPSA) is 66.8 Å². The first-order chi connectivity index (χ1) is 12.3. The second-order valence-electron chi connectivity index (χ2n) is 6.34. The number of hydrogen-bond acceptors (Lipinski definition) is 3. The average molecular weight is 359 g/mol. The van der Waals surface area contributed by atoms with E-state index in [4.69, 9.17) is 9.84 Å². The van der Waals surface area contributed by atoms with Crippen molar-refractivity contribution in [2.24, 2.45) is 5.92 Å². The van der Waals surface area contributed by atoms with Crippen molar-refractivity contribution in [1.29, 1.82) is 0 Å². The minimum absolute atomic E-state index is 0.130. The Labute approximate surface area is 152 Å². The van der Waals surface area contributed by atoms with Crippen LogP contribution in [-0.4, -0.2) is 42.6 Å². The van der Waals surface area contributed by atoms with Crippen molar-refractivity contribution in [3.63, 3.8) is 0 Å². The van der Waals surface area contributed by atoms with Crippen LogP contribution in [-0.2, 0) is 6.42 Å². The molecule has 1 N–H and O–H groups in total. The number of carbonyl (C=O) groups excluding carboxylic acids is 1. The van der Waals surface area contributed by atoms with Crippen molar-refractivity contribution >= 4 is 11.9 Å². The predicted molar refractivity (Wildman–Crippen MR) is 96.2 cm³/mol.